The average molecular weight is 264 g/mol. The summed E-state index contributed by atoms with van der Waals surface area (Å²) >= 11 is 1.07. The number of ketones is 1. The monoisotopic (exact) mass is 264 g/mol. The van der Waals surface area contributed by atoms with Crippen LogP contribution in [0.4, 0.5) is 0 Å². The highest BCUT2D eigenvalue weighted by molar-refractivity contribution is 7.08. The molecule has 18 heavy (non-hydrogen) atoms. The topological polar surface area (TPSA) is 77.9 Å². The highest BCUT2D eigenvalue weighted by atomic mass is 32.1. The van der Waals surface area contributed by atoms with Gasteiger partial charge in [-0.25, -0.2) is 9.97 Å². The summed E-state index contributed by atoms with van der Waals surface area (Å²) < 4.78 is 8.86. The van der Waals surface area contributed by atoms with Crippen molar-refractivity contribution in [3.63, 3.8) is 0 Å². The van der Waals surface area contributed by atoms with Gasteiger partial charge in [-0.3, -0.25) is 4.79 Å². The van der Waals surface area contributed by atoms with E-state index in [1.165, 1.54) is 19.5 Å². The first-order valence-electron chi connectivity index (χ1n) is 5.37. The summed E-state index contributed by atoms with van der Waals surface area (Å²) in [4.78, 5) is 20.8. The molecule has 0 aliphatic carbocycles. The fourth-order valence-corrected chi connectivity index (χ4v) is 2.23. The van der Waals surface area contributed by atoms with Crippen LogP contribution in [0.5, 0.6) is 5.88 Å². The standard InChI is InChI=1S/C11H12N4O2S/c1-6(2)7-10(18-15-14-7)9(16)8-11(17-3)13-5-4-12-8/h4-6H,1-3H3. The largest absolute Gasteiger partial charge is 0.479 e. The van der Waals surface area contributed by atoms with Crippen LogP contribution in [0.15, 0.2) is 12.4 Å². The van der Waals surface area contributed by atoms with E-state index in [1.54, 1.807) is 0 Å². The number of aromatic nitrogens is 4. The first-order chi connectivity index (χ1) is 8.65. The molecule has 0 radical (unpaired) electrons. The molecule has 2 aromatic heterocycles. The molecular weight excluding hydrogens is 252 g/mol. The summed E-state index contributed by atoms with van der Waals surface area (Å²) in [5.41, 5.74) is 0.866. The van der Waals surface area contributed by atoms with Gasteiger partial charge in [-0.05, 0) is 17.5 Å². The zero-order valence-corrected chi connectivity index (χ0v) is 11.1. The second-order valence-corrected chi connectivity index (χ2v) is 4.64. The lowest BCUT2D eigenvalue weighted by Gasteiger charge is -2.05. The molecule has 0 atom stereocenters. The molecular formula is C11H12N4O2S. The third-order valence-corrected chi connectivity index (χ3v) is 3.08. The van der Waals surface area contributed by atoms with Crippen molar-refractivity contribution in [2.24, 2.45) is 0 Å². The Kier molecular flexibility index (Phi) is 3.61. The second-order valence-electron chi connectivity index (χ2n) is 3.89. The van der Waals surface area contributed by atoms with Crippen LogP contribution in [0.25, 0.3) is 0 Å². The second kappa shape index (κ2) is 5.18. The number of carbonyl (C=O) groups excluding carboxylic acids is 1. The molecule has 2 heterocycles. The minimum absolute atomic E-state index is 0.130. The molecule has 0 saturated carbocycles. The Morgan fingerprint density at radius 2 is 2.06 bits per heavy atom. The minimum atomic E-state index is -0.251. The van der Waals surface area contributed by atoms with Gasteiger partial charge < -0.3 is 4.74 Å². The lowest BCUT2D eigenvalue weighted by atomic mass is 10.1. The van der Waals surface area contributed by atoms with Crippen molar-refractivity contribution in [1.29, 1.82) is 0 Å². The van der Waals surface area contributed by atoms with Crippen molar-refractivity contribution >= 4 is 17.3 Å². The summed E-state index contributed by atoms with van der Waals surface area (Å²) in [6, 6.07) is 0. The van der Waals surface area contributed by atoms with E-state index in [2.05, 4.69) is 19.6 Å². The Bertz CT molecular complexity index is 568. The number of hydrogen-bond acceptors (Lipinski definition) is 7. The summed E-state index contributed by atoms with van der Waals surface area (Å²) in [5, 5.41) is 3.98. The van der Waals surface area contributed by atoms with Crippen LogP contribution < -0.4 is 4.74 Å². The minimum Gasteiger partial charge on any atom is -0.479 e. The molecule has 0 unspecified atom stereocenters. The lowest BCUT2D eigenvalue weighted by Crippen LogP contribution is -2.09. The Morgan fingerprint density at radius 1 is 1.33 bits per heavy atom. The number of ether oxygens (including phenoxy) is 1. The average Bonchev–Trinajstić information content (AvgIpc) is 2.87. The van der Waals surface area contributed by atoms with Crippen molar-refractivity contribution in [2.45, 2.75) is 19.8 Å². The molecule has 6 nitrogen and oxygen atoms in total. The third kappa shape index (κ3) is 2.21. The maximum atomic E-state index is 12.4. The van der Waals surface area contributed by atoms with Gasteiger partial charge in [0.2, 0.25) is 11.7 Å². The fraction of sp³-hybridized carbons (Fsp3) is 0.364. The van der Waals surface area contributed by atoms with Crippen molar-refractivity contribution in [1.82, 2.24) is 19.6 Å². The molecule has 0 aliphatic heterocycles. The van der Waals surface area contributed by atoms with Crippen LogP contribution >= 0.6 is 11.5 Å². The fourth-order valence-electron chi connectivity index (χ4n) is 1.47. The molecule has 2 aromatic rings. The number of nitrogens with zero attached hydrogens (tertiary/aromatic N) is 4. The number of methoxy groups -OCH3 is 1. The smallest absolute Gasteiger partial charge is 0.243 e. The molecule has 0 N–H and O–H groups in total. The van der Waals surface area contributed by atoms with E-state index in [0.29, 0.717) is 10.6 Å². The van der Waals surface area contributed by atoms with Gasteiger partial charge in [0.1, 0.15) is 4.88 Å². The maximum absolute atomic E-state index is 12.4. The molecule has 94 valence electrons. The molecule has 0 fully saturated rings. The van der Waals surface area contributed by atoms with Gasteiger partial charge in [0, 0.05) is 12.4 Å². The van der Waals surface area contributed by atoms with Gasteiger partial charge in [0.25, 0.3) is 0 Å². The third-order valence-electron chi connectivity index (χ3n) is 2.34. The number of hydrogen-bond donors (Lipinski definition) is 0. The van der Waals surface area contributed by atoms with Gasteiger partial charge >= 0.3 is 0 Å². The zero-order chi connectivity index (χ0) is 13.1. The van der Waals surface area contributed by atoms with Gasteiger partial charge in [0.05, 0.1) is 12.8 Å². The summed E-state index contributed by atoms with van der Waals surface area (Å²) in [6.45, 7) is 3.92. The molecule has 0 amide bonds. The first kappa shape index (κ1) is 12.6. The van der Waals surface area contributed by atoms with Crippen LogP contribution in [-0.4, -0.2) is 32.4 Å². The van der Waals surface area contributed by atoms with Gasteiger partial charge in [-0.1, -0.05) is 18.3 Å². The van der Waals surface area contributed by atoms with Crippen molar-refractivity contribution in [3.05, 3.63) is 28.7 Å². The van der Waals surface area contributed by atoms with Crippen LogP contribution in [0.1, 0.15) is 40.8 Å². The van der Waals surface area contributed by atoms with E-state index in [9.17, 15) is 4.79 Å². The van der Waals surface area contributed by atoms with Crippen LogP contribution in [0, 0.1) is 0 Å². The summed E-state index contributed by atoms with van der Waals surface area (Å²) in [5.74, 6) is 0.0922. The number of carbonyl (C=O) groups is 1. The predicted molar refractivity (Wildman–Crippen MR) is 66.0 cm³/mol. The highest BCUT2D eigenvalue weighted by Gasteiger charge is 2.24. The van der Waals surface area contributed by atoms with Crippen LogP contribution in [0.3, 0.4) is 0 Å². The van der Waals surface area contributed by atoms with Gasteiger partial charge in [-0.2, -0.15) is 0 Å². The quantitative estimate of drug-likeness (QED) is 0.782. The first-order valence-corrected chi connectivity index (χ1v) is 6.14. The molecule has 0 aliphatic rings. The molecule has 0 aromatic carbocycles. The van der Waals surface area contributed by atoms with E-state index in [4.69, 9.17) is 4.74 Å². The van der Waals surface area contributed by atoms with Gasteiger partial charge in [-0.15, -0.1) is 5.10 Å². The van der Waals surface area contributed by atoms with Crippen LogP contribution in [0.2, 0.25) is 0 Å². The Morgan fingerprint density at radius 3 is 2.72 bits per heavy atom. The maximum Gasteiger partial charge on any atom is 0.243 e. The van der Waals surface area contributed by atoms with Crippen molar-refractivity contribution < 1.29 is 9.53 Å². The Balaban J connectivity index is 2.45. The van der Waals surface area contributed by atoms with E-state index in [1.807, 2.05) is 13.8 Å². The predicted octanol–water partition coefficient (Wildman–Crippen LogP) is 1.69. The molecule has 2 rings (SSSR count). The Hall–Kier alpha value is -1.89. The number of rotatable bonds is 4. The Labute approximate surface area is 108 Å². The van der Waals surface area contributed by atoms with Gasteiger partial charge in [0.15, 0.2) is 5.69 Å². The molecule has 0 saturated heterocycles. The van der Waals surface area contributed by atoms with E-state index in [-0.39, 0.29) is 23.3 Å². The summed E-state index contributed by atoms with van der Waals surface area (Å²) in [7, 11) is 1.45. The molecule has 0 bridgehead atoms. The normalized spacial score (nSPS) is 10.7. The molecule has 0 spiro atoms. The summed E-state index contributed by atoms with van der Waals surface area (Å²) in [6.07, 6.45) is 2.93. The van der Waals surface area contributed by atoms with E-state index < -0.39 is 0 Å². The highest BCUT2D eigenvalue weighted by Crippen LogP contribution is 2.24. The SMILES string of the molecule is COc1nccnc1C(=O)c1snnc1C(C)C. The van der Waals surface area contributed by atoms with E-state index >= 15 is 0 Å². The van der Waals surface area contributed by atoms with E-state index in [0.717, 1.165) is 11.5 Å². The lowest BCUT2D eigenvalue weighted by molar-refractivity contribution is 0.103. The van der Waals surface area contributed by atoms with Crippen molar-refractivity contribution in [3.8, 4) is 5.88 Å². The van der Waals surface area contributed by atoms with Crippen molar-refractivity contribution in [2.75, 3.05) is 7.11 Å². The molecule has 7 heteroatoms. The zero-order valence-electron chi connectivity index (χ0n) is 10.2. The van der Waals surface area contributed by atoms with Crippen LogP contribution in [-0.2, 0) is 0 Å².